The van der Waals surface area contributed by atoms with Crippen molar-refractivity contribution in [3.8, 4) is 11.5 Å². The molecule has 2 aromatic carbocycles. The number of hydrogen-bond acceptors (Lipinski definition) is 4. The van der Waals surface area contributed by atoms with Gasteiger partial charge in [0.25, 0.3) is 0 Å². The number of benzene rings is 2. The molecule has 0 radical (unpaired) electrons. The number of sulfonamides is 1. The summed E-state index contributed by atoms with van der Waals surface area (Å²) in [4.78, 5) is 0. The third-order valence-corrected chi connectivity index (χ3v) is 6.37. The van der Waals surface area contributed by atoms with Gasteiger partial charge in [0.15, 0.2) is 0 Å². The van der Waals surface area contributed by atoms with Gasteiger partial charge in [0, 0.05) is 13.1 Å². The summed E-state index contributed by atoms with van der Waals surface area (Å²) in [7, 11) is -1.93. The lowest BCUT2D eigenvalue weighted by molar-refractivity contribution is 0.393. The van der Waals surface area contributed by atoms with Crippen molar-refractivity contribution in [2.24, 2.45) is 0 Å². The van der Waals surface area contributed by atoms with E-state index in [2.05, 4.69) is 6.58 Å². The van der Waals surface area contributed by atoms with E-state index in [1.54, 1.807) is 44.4 Å². The molecule has 0 fully saturated rings. The second kappa shape index (κ2) is 8.87. The number of nitrogens with zero attached hydrogens (tertiary/aromatic N) is 1. The van der Waals surface area contributed by atoms with Crippen molar-refractivity contribution < 1.29 is 18.3 Å². The van der Waals surface area contributed by atoms with Gasteiger partial charge in [0.2, 0.25) is 10.0 Å². The molecule has 140 valence electrons. The van der Waals surface area contributed by atoms with Crippen molar-refractivity contribution in [1.29, 1.82) is 0 Å². The van der Waals surface area contributed by atoms with Crippen molar-refractivity contribution >= 4 is 10.0 Å². The minimum atomic E-state index is -3.52. The summed E-state index contributed by atoms with van der Waals surface area (Å²) >= 11 is 0. The maximum atomic E-state index is 13.0. The van der Waals surface area contributed by atoms with Crippen molar-refractivity contribution in [1.82, 2.24) is 4.31 Å². The van der Waals surface area contributed by atoms with E-state index in [-0.39, 0.29) is 18.8 Å². The van der Waals surface area contributed by atoms with E-state index < -0.39 is 15.3 Å². The summed E-state index contributed by atoms with van der Waals surface area (Å²) in [5.41, 5.74) is 1.68. The van der Waals surface area contributed by atoms with Gasteiger partial charge < -0.3 is 9.84 Å². The Morgan fingerprint density at radius 1 is 1.08 bits per heavy atom. The molecule has 0 aromatic heterocycles. The number of phenolic OH excluding ortho intramolecular Hbond substituents is 1. The minimum absolute atomic E-state index is 0.151. The van der Waals surface area contributed by atoms with E-state index in [4.69, 9.17) is 4.74 Å². The molecule has 0 aliphatic rings. The Kier molecular flexibility index (Phi) is 6.83. The molecule has 0 saturated heterocycles. The fourth-order valence-electron chi connectivity index (χ4n) is 2.59. The predicted octanol–water partition coefficient (Wildman–Crippen LogP) is 3.70. The zero-order valence-corrected chi connectivity index (χ0v) is 15.9. The van der Waals surface area contributed by atoms with Crippen LogP contribution in [0.15, 0.2) is 61.2 Å². The highest BCUT2D eigenvalue weighted by molar-refractivity contribution is 7.89. The number of ether oxygens (including phenoxy) is 1. The zero-order chi connectivity index (χ0) is 19.2. The van der Waals surface area contributed by atoms with Gasteiger partial charge in [-0.05, 0) is 48.7 Å². The van der Waals surface area contributed by atoms with Gasteiger partial charge in [-0.2, -0.15) is 4.31 Å². The standard InChI is InChI=1S/C20H25NO4S/c1-4-5-16(2)26(23,24)21(14-17-6-10-19(22)11-7-17)15-18-8-12-20(25-3)13-9-18/h4,6-13,16,22H,1,5,14-15H2,2-3H3. The highest BCUT2D eigenvalue weighted by Crippen LogP contribution is 2.22. The molecule has 0 heterocycles. The maximum absolute atomic E-state index is 13.0. The van der Waals surface area contributed by atoms with E-state index in [0.717, 1.165) is 16.9 Å². The lowest BCUT2D eigenvalue weighted by Gasteiger charge is -2.26. The number of rotatable bonds is 9. The SMILES string of the molecule is C=CCC(C)S(=O)(=O)N(Cc1ccc(O)cc1)Cc1ccc(OC)cc1. The van der Waals surface area contributed by atoms with Gasteiger partial charge >= 0.3 is 0 Å². The zero-order valence-electron chi connectivity index (χ0n) is 15.1. The molecule has 0 bridgehead atoms. The van der Waals surface area contributed by atoms with Crippen molar-refractivity contribution in [3.63, 3.8) is 0 Å². The first-order chi connectivity index (χ1) is 12.4. The van der Waals surface area contributed by atoms with Gasteiger partial charge in [-0.25, -0.2) is 8.42 Å². The molecule has 6 heteroatoms. The molecule has 0 amide bonds. The first-order valence-corrected chi connectivity index (χ1v) is 9.88. The Labute approximate surface area is 155 Å². The molecule has 1 N–H and O–H groups in total. The number of allylic oxidation sites excluding steroid dienone is 1. The van der Waals surface area contributed by atoms with Crippen molar-refractivity contribution in [2.75, 3.05) is 7.11 Å². The van der Waals surface area contributed by atoms with E-state index in [0.29, 0.717) is 6.42 Å². The van der Waals surface area contributed by atoms with E-state index in [9.17, 15) is 13.5 Å². The third-order valence-electron chi connectivity index (χ3n) is 4.18. The minimum Gasteiger partial charge on any atom is -0.508 e. The molecule has 26 heavy (non-hydrogen) atoms. The smallest absolute Gasteiger partial charge is 0.217 e. The molecule has 0 saturated carbocycles. The summed E-state index contributed by atoms with van der Waals surface area (Å²) < 4.78 is 32.7. The van der Waals surface area contributed by atoms with E-state index in [1.807, 2.05) is 24.3 Å². The summed E-state index contributed by atoms with van der Waals surface area (Å²) in [6, 6.07) is 13.9. The molecule has 2 rings (SSSR count). The van der Waals surface area contributed by atoms with Crippen LogP contribution >= 0.6 is 0 Å². The van der Waals surface area contributed by atoms with Gasteiger partial charge in [0.1, 0.15) is 11.5 Å². The fourth-order valence-corrected chi connectivity index (χ4v) is 4.13. The first kappa shape index (κ1) is 20.0. The summed E-state index contributed by atoms with van der Waals surface area (Å²) in [5.74, 6) is 0.875. The Bertz CT molecular complexity index is 814. The van der Waals surface area contributed by atoms with Crippen LogP contribution in [0.5, 0.6) is 11.5 Å². The van der Waals surface area contributed by atoms with Crippen LogP contribution in [0.1, 0.15) is 24.5 Å². The Morgan fingerprint density at radius 2 is 1.58 bits per heavy atom. The molecule has 0 aliphatic carbocycles. The molecule has 1 atom stereocenters. The highest BCUT2D eigenvalue weighted by atomic mass is 32.2. The lowest BCUT2D eigenvalue weighted by Crippen LogP contribution is -2.36. The van der Waals surface area contributed by atoms with Gasteiger partial charge in [-0.3, -0.25) is 0 Å². The normalized spacial score (nSPS) is 12.7. The quantitative estimate of drug-likeness (QED) is 0.679. The van der Waals surface area contributed by atoms with Crippen LogP contribution < -0.4 is 4.74 Å². The molecule has 0 spiro atoms. The largest absolute Gasteiger partial charge is 0.508 e. The Hall–Kier alpha value is -2.31. The van der Waals surface area contributed by atoms with Crippen molar-refractivity contribution in [3.05, 3.63) is 72.3 Å². The van der Waals surface area contributed by atoms with Gasteiger partial charge in [0.05, 0.1) is 12.4 Å². The van der Waals surface area contributed by atoms with Crippen LogP contribution in [0.4, 0.5) is 0 Å². The molecular weight excluding hydrogens is 350 g/mol. The van der Waals surface area contributed by atoms with Crippen LogP contribution in [0.25, 0.3) is 0 Å². The second-order valence-electron chi connectivity index (χ2n) is 6.16. The molecule has 2 aromatic rings. The maximum Gasteiger partial charge on any atom is 0.217 e. The van der Waals surface area contributed by atoms with Crippen LogP contribution in [0.3, 0.4) is 0 Å². The molecule has 1 unspecified atom stereocenters. The fraction of sp³-hybridized carbons (Fsp3) is 0.300. The monoisotopic (exact) mass is 375 g/mol. The van der Waals surface area contributed by atoms with Gasteiger partial charge in [-0.15, -0.1) is 6.58 Å². The topological polar surface area (TPSA) is 66.8 Å². The van der Waals surface area contributed by atoms with Crippen LogP contribution in [0, 0.1) is 0 Å². The molecule has 0 aliphatic heterocycles. The van der Waals surface area contributed by atoms with Crippen molar-refractivity contribution in [2.45, 2.75) is 31.7 Å². The first-order valence-electron chi connectivity index (χ1n) is 8.37. The number of hydrogen-bond donors (Lipinski definition) is 1. The molecule has 5 nitrogen and oxygen atoms in total. The van der Waals surface area contributed by atoms with E-state index in [1.165, 1.54) is 4.31 Å². The van der Waals surface area contributed by atoms with Gasteiger partial charge in [-0.1, -0.05) is 30.3 Å². The average Bonchev–Trinajstić information content (AvgIpc) is 2.63. The second-order valence-corrected chi connectivity index (χ2v) is 8.51. The van der Waals surface area contributed by atoms with E-state index >= 15 is 0 Å². The average molecular weight is 375 g/mol. The number of aromatic hydroxyl groups is 1. The summed E-state index contributed by atoms with van der Waals surface area (Å²) in [6.45, 7) is 5.83. The third kappa shape index (κ3) is 5.09. The van der Waals surface area contributed by atoms with Crippen LogP contribution in [0.2, 0.25) is 0 Å². The predicted molar refractivity (Wildman–Crippen MR) is 104 cm³/mol. The van der Waals surface area contributed by atoms with Crippen LogP contribution in [-0.4, -0.2) is 30.2 Å². The highest BCUT2D eigenvalue weighted by Gasteiger charge is 2.28. The Balaban J connectivity index is 2.30. The number of methoxy groups -OCH3 is 1. The van der Waals surface area contributed by atoms with Crippen LogP contribution in [-0.2, 0) is 23.1 Å². The number of phenols is 1. The summed E-state index contributed by atoms with van der Waals surface area (Å²) in [6.07, 6.45) is 2.01. The lowest BCUT2D eigenvalue weighted by atomic mass is 10.2. The summed E-state index contributed by atoms with van der Waals surface area (Å²) in [5, 5.41) is 8.88. The molecular formula is C20H25NO4S. The Morgan fingerprint density at radius 3 is 2.04 bits per heavy atom.